The summed E-state index contributed by atoms with van der Waals surface area (Å²) in [5.74, 6) is 1.36. The van der Waals surface area contributed by atoms with Crippen LogP contribution in [0.25, 0.3) is 10.9 Å². The lowest BCUT2D eigenvalue weighted by atomic mass is 10.1. The number of nitrogens with zero attached hydrogens (tertiary/aromatic N) is 2. The third-order valence-electron chi connectivity index (χ3n) is 5.24. The number of hydrogen-bond acceptors (Lipinski definition) is 5. The molecule has 0 radical (unpaired) electrons. The van der Waals surface area contributed by atoms with Crippen LogP contribution in [-0.4, -0.2) is 49.1 Å². The lowest BCUT2D eigenvalue weighted by Gasteiger charge is -2.15. The Balaban J connectivity index is 1.53. The second-order valence-electron chi connectivity index (χ2n) is 7.23. The number of carbonyl (C=O) groups is 1. The number of rotatable bonds is 7. The Hall–Kier alpha value is -3.12. The zero-order valence-electron chi connectivity index (χ0n) is 16.6. The molecule has 6 nitrogen and oxygen atoms in total. The number of ether oxygens (including phenoxy) is 1. The molecule has 6 heteroatoms. The number of para-hydroxylation sites is 1. The largest absolute Gasteiger partial charge is 0.497 e. The van der Waals surface area contributed by atoms with E-state index in [4.69, 9.17) is 4.74 Å². The second-order valence-corrected chi connectivity index (χ2v) is 7.23. The highest BCUT2D eigenvalue weighted by Gasteiger charge is 2.15. The zero-order chi connectivity index (χ0) is 20.1. The van der Waals surface area contributed by atoms with Crippen LogP contribution >= 0.6 is 0 Å². The van der Waals surface area contributed by atoms with Crippen molar-refractivity contribution < 1.29 is 9.53 Å². The number of benzene rings is 2. The molecule has 0 aliphatic carbocycles. The van der Waals surface area contributed by atoms with Crippen molar-refractivity contribution in [2.45, 2.75) is 12.8 Å². The average Bonchev–Trinajstić information content (AvgIpc) is 3.27. The highest BCUT2D eigenvalue weighted by Crippen LogP contribution is 2.24. The number of fused-ring (bicyclic) bond motifs is 1. The molecule has 3 aromatic rings. The van der Waals surface area contributed by atoms with Gasteiger partial charge in [-0.1, -0.05) is 18.2 Å². The SMILES string of the molecule is COc1ccc(Nc2cc(C(=O)NCCN3CCCC3)c3ccccc3n2)cc1. The summed E-state index contributed by atoms with van der Waals surface area (Å²) in [4.78, 5) is 20.0. The van der Waals surface area contributed by atoms with Crippen LogP contribution in [-0.2, 0) is 0 Å². The number of likely N-dealkylation sites (tertiary alicyclic amines) is 1. The first-order chi connectivity index (χ1) is 14.2. The topological polar surface area (TPSA) is 66.5 Å². The fourth-order valence-corrected chi connectivity index (χ4v) is 3.68. The highest BCUT2D eigenvalue weighted by atomic mass is 16.5. The minimum absolute atomic E-state index is 0.0689. The Labute approximate surface area is 170 Å². The number of aromatic nitrogens is 1. The number of hydrogen-bond donors (Lipinski definition) is 2. The maximum atomic E-state index is 12.9. The summed E-state index contributed by atoms with van der Waals surface area (Å²) in [6, 6.07) is 17.2. The molecule has 0 unspecified atom stereocenters. The zero-order valence-corrected chi connectivity index (χ0v) is 16.6. The minimum Gasteiger partial charge on any atom is -0.497 e. The van der Waals surface area contributed by atoms with E-state index in [2.05, 4.69) is 20.5 Å². The first-order valence-corrected chi connectivity index (χ1v) is 10.0. The van der Waals surface area contributed by atoms with Crippen LogP contribution in [0.3, 0.4) is 0 Å². The molecule has 1 aliphatic rings. The second kappa shape index (κ2) is 8.92. The van der Waals surface area contributed by atoms with Crippen molar-refractivity contribution >= 4 is 28.3 Å². The van der Waals surface area contributed by atoms with Gasteiger partial charge in [0.2, 0.25) is 0 Å². The molecule has 29 heavy (non-hydrogen) atoms. The van der Waals surface area contributed by atoms with E-state index < -0.39 is 0 Å². The van der Waals surface area contributed by atoms with Gasteiger partial charge >= 0.3 is 0 Å². The Morgan fingerprint density at radius 3 is 2.62 bits per heavy atom. The smallest absolute Gasteiger partial charge is 0.252 e. The summed E-state index contributed by atoms with van der Waals surface area (Å²) < 4.78 is 5.20. The van der Waals surface area contributed by atoms with Gasteiger partial charge in [-0.25, -0.2) is 4.98 Å². The van der Waals surface area contributed by atoms with Crippen molar-refractivity contribution in [2.24, 2.45) is 0 Å². The van der Waals surface area contributed by atoms with E-state index >= 15 is 0 Å². The number of methoxy groups -OCH3 is 1. The van der Waals surface area contributed by atoms with Gasteiger partial charge in [0.05, 0.1) is 18.2 Å². The third-order valence-corrected chi connectivity index (χ3v) is 5.24. The van der Waals surface area contributed by atoms with Crippen LogP contribution in [0.1, 0.15) is 23.2 Å². The lowest BCUT2D eigenvalue weighted by molar-refractivity contribution is 0.0951. The molecular weight excluding hydrogens is 364 g/mol. The molecule has 0 atom stereocenters. The standard InChI is InChI=1S/C23H26N4O2/c1-29-18-10-8-17(9-11-18)25-22-16-20(19-6-2-3-7-21(19)26-22)23(28)24-12-15-27-13-4-5-14-27/h2-3,6-11,16H,4-5,12-15H2,1H3,(H,24,28)(H,25,26). The maximum Gasteiger partial charge on any atom is 0.252 e. The summed E-state index contributed by atoms with van der Waals surface area (Å²) in [6.45, 7) is 3.80. The molecule has 2 heterocycles. The summed E-state index contributed by atoms with van der Waals surface area (Å²) >= 11 is 0. The Bertz CT molecular complexity index is 982. The third kappa shape index (κ3) is 4.66. The van der Waals surface area contributed by atoms with Crippen LogP contribution in [0.15, 0.2) is 54.6 Å². The number of carbonyl (C=O) groups excluding carboxylic acids is 1. The van der Waals surface area contributed by atoms with Crippen LogP contribution in [0.5, 0.6) is 5.75 Å². The Morgan fingerprint density at radius 2 is 1.86 bits per heavy atom. The first-order valence-electron chi connectivity index (χ1n) is 10.0. The molecule has 1 fully saturated rings. The van der Waals surface area contributed by atoms with Gasteiger partial charge in [-0.05, 0) is 62.3 Å². The molecule has 0 saturated carbocycles. The van der Waals surface area contributed by atoms with Crippen LogP contribution < -0.4 is 15.4 Å². The maximum absolute atomic E-state index is 12.9. The van der Waals surface area contributed by atoms with Gasteiger partial charge in [-0.3, -0.25) is 4.79 Å². The van der Waals surface area contributed by atoms with Crippen molar-refractivity contribution in [1.29, 1.82) is 0 Å². The number of amides is 1. The summed E-state index contributed by atoms with van der Waals surface area (Å²) in [6.07, 6.45) is 2.51. The van der Waals surface area contributed by atoms with Crippen molar-refractivity contribution in [1.82, 2.24) is 15.2 Å². The molecule has 0 spiro atoms. The molecule has 150 valence electrons. The van der Waals surface area contributed by atoms with Gasteiger partial charge < -0.3 is 20.3 Å². The lowest BCUT2D eigenvalue weighted by Crippen LogP contribution is -2.33. The van der Waals surface area contributed by atoms with Crippen LogP contribution in [0, 0.1) is 0 Å². The van der Waals surface area contributed by atoms with Gasteiger partial charge in [0.1, 0.15) is 11.6 Å². The van der Waals surface area contributed by atoms with Gasteiger partial charge in [0.25, 0.3) is 5.91 Å². The molecule has 1 amide bonds. The van der Waals surface area contributed by atoms with E-state index in [0.29, 0.717) is 17.9 Å². The van der Waals surface area contributed by atoms with E-state index in [1.807, 2.05) is 54.6 Å². The van der Waals surface area contributed by atoms with Gasteiger partial charge in [0, 0.05) is 24.2 Å². The Kier molecular flexibility index (Phi) is 5.91. The van der Waals surface area contributed by atoms with Crippen molar-refractivity contribution in [3.63, 3.8) is 0 Å². The fourth-order valence-electron chi connectivity index (χ4n) is 3.68. The highest BCUT2D eigenvalue weighted by molar-refractivity contribution is 6.07. The fraction of sp³-hybridized carbons (Fsp3) is 0.304. The average molecular weight is 390 g/mol. The predicted molar refractivity (Wildman–Crippen MR) is 116 cm³/mol. The molecule has 1 saturated heterocycles. The molecule has 1 aromatic heterocycles. The van der Waals surface area contributed by atoms with Crippen LogP contribution in [0.2, 0.25) is 0 Å². The number of nitrogens with one attached hydrogen (secondary N) is 2. The monoisotopic (exact) mass is 390 g/mol. The van der Waals surface area contributed by atoms with E-state index in [9.17, 15) is 4.79 Å². The molecule has 1 aliphatic heterocycles. The Morgan fingerprint density at radius 1 is 1.10 bits per heavy atom. The van der Waals surface area contributed by atoms with Crippen molar-refractivity contribution in [3.05, 3.63) is 60.2 Å². The predicted octanol–water partition coefficient (Wildman–Crippen LogP) is 3.81. The number of anilines is 2. The normalized spacial score (nSPS) is 14.1. The first kappa shape index (κ1) is 19.2. The van der Waals surface area contributed by atoms with Crippen molar-refractivity contribution in [2.75, 3.05) is 38.6 Å². The molecule has 0 bridgehead atoms. The van der Waals surface area contributed by atoms with E-state index in [1.165, 1.54) is 12.8 Å². The number of pyridine rings is 1. The quantitative estimate of drug-likeness (QED) is 0.642. The molecule has 4 rings (SSSR count). The van der Waals surface area contributed by atoms with Crippen molar-refractivity contribution in [3.8, 4) is 5.75 Å². The van der Waals surface area contributed by atoms with Gasteiger partial charge in [0.15, 0.2) is 0 Å². The van der Waals surface area contributed by atoms with Crippen LogP contribution in [0.4, 0.5) is 11.5 Å². The van der Waals surface area contributed by atoms with E-state index in [1.54, 1.807) is 7.11 Å². The summed E-state index contributed by atoms with van der Waals surface area (Å²) in [5.41, 5.74) is 2.30. The summed E-state index contributed by atoms with van der Waals surface area (Å²) in [7, 11) is 1.64. The van der Waals surface area contributed by atoms with Gasteiger partial charge in [-0.2, -0.15) is 0 Å². The van der Waals surface area contributed by atoms with E-state index in [-0.39, 0.29) is 5.91 Å². The van der Waals surface area contributed by atoms with E-state index in [0.717, 1.165) is 42.0 Å². The molecule has 2 N–H and O–H groups in total. The summed E-state index contributed by atoms with van der Waals surface area (Å²) in [5, 5.41) is 7.21. The minimum atomic E-state index is -0.0689. The van der Waals surface area contributed by atoms with Gasteiger partial charge in [-0.15, -0.1) is 0 Å². The molecular formula is C23H26N4O2. The molecule has 2 aromatic carbocycles.